The third-order valence-corrected chi connectivity index (χ3v) is 0. The van der Waals surface area contributed by atoms with Crippen LogP contribution >= 0.6 is 0 Å². The van der Waals surface area contributed by atoms with E-state index >= 15 is 0 Å². The second-order valence-corrected chi connectivity index (χ2v) is 0. The first-order chi connectivity index (χ1) is 0. The zero-order valence-electron chi connectivity index (χ0n) is 14.4. The maximum absolute atomic E-state index is 0. The molecule has 0 fully saturated rings. The van der Waals surface area contributed by atoms with Crippen molar-refractivity contribution < 1.29 is 340 Å². The van der Waals surface area contributed by atoms with E-state index in [1.54, 1.807) is 0 Å². The summed E-state index contributed by atoms with van der Waals surface area (Å²) in [5.74, 6) is 0. The number of rotatable bonds is 0. The van der Waals surface area contributed by atoms with Crippen molar-refractivity contribution in [3.8, 4) is 0 Å². The van der Waals surface area contributed by atoms with E-state index < -0.39 is 0 Å². The molecule has 0 aliphatic carbocycles. The van der Waals surface area contributed by atoms with Crippen LogP contribution in [0.4, 0.5) is 0 Å². The quantitative estimate of drug-likeness (QED) is 0.204. The Balaban J connectivity index is 0. The van der Waals surface area contributed by atoms with Crippen LogP contribution in [0.3, 0.4) is 0 Å². The van der Waals surface area contributed by atoms with Crippen LogP contribution < -0.4 is 0 Å². The van der Waals surface area contributed by atoms with Gasteiger partial charge in [0.25, 0.3) is 0 Å². The van der Waals surface area contributed by atoms with Gasteiger partial charge in [-0.2, -0.15) is 0 Å². The van der Waals surface area contributed by atoms with Crippen LogP contribution in [0.2, 0.25) is 0 Å². The van der Waals surface area contributed by atoms with Crippen molar-refractivity contribution in [3.63, 3.8) is 0 Å². The van der Waals surface area contributed by atoms with E-state index in [-0.39, 0.29) is 340 Å². The van der Waals surface area contributed by atoms with Crippen molar-refractivity contribution in [3.05, 3.63) is 0 Å². The molecule has 0 aromatic carbocycles. The second-order valence-electron chi connectivity index (χ2n) is 0. The Labute approximate surface area is 336 Å². The van der Waals surface area contributed by atoms with Gasteiger partial charge in [-0.3, -0.25) is 0 Å². The van der Waals surface area contributed by atoms with E-state index in [1.807, 2.05) is 0 Å². The number of hydrogen-bond acceptors (Lipinski definition) is 0. The van der Waals surface area contributed by atoms with Gasteiger partial charge in [0.1, 0.15) is 0 Å². The molecule has 0 radical (unpaired) electrons. The Morgan fingerprint density at radius 1 is 0.0588 bits per heavy atom. The smallest absolute Gasteiger partial charge is 0 e. The first-order valence-electron chi connectivity index (χ1n) is 0. The Hall–Kier alpha value is 6.11. The van der Waals surface area contributed by atoms with Gasteiger partial charge in [-0.05, 0) is 0 Å². The van der Waals surface area contributed by atoms with Crippen LogP contribution in [-0.2, 0) is 231 Å². The van der Waals surface area contributed by atoms with Crippen molar-refractivity contribution in [2.24, 2.45) is 0 Å². The van der Waals surface area contributed by atoms with Crippen LogP contribution in [0.25, 0.3) is 0 Å². The standard InChI is InChI=1S/14Ni.20H2O/h;;;;;;;;;;;;;;20*1H2. The minimum Gasteiger partial charge on any atom is -0.412 e. The second kappa shape index (κ2) is 1520. The minimum atomic E-state index is 0. The maximum atomic E-state index is 0. The zero-order valence-corrected chi connectivity index (χ0v) is 28.3. The molecule has 0 unspecified atom stereocenters. The van der Waals surface area contributed by atoms with Gasteiger partial charge in [0.05, 0.1) is 0 Å². The first kappa shape index (κ1) is 1640. The van der Waals surface area contributed by atoms with Gasteiger partial charge < -0.3 is 110 Å². The van der Waals surface area contributed by atoms with Gasteiger partial charge in [-0.15, -0.1) is 0 Å². The molecule has 0 aliphatic heterocycles. The molecule has 0 saturated heterocycles. The third kappa shape index (κ3) is 1410. The predicted octanol–water partition coefficient (Wildman–Crippen LogP) is -16.5. The Morgan fingerprint density at radius 2 is 0.0588 bits per heavy atom. The average Bonchev–Trinajstić information content (AvgIpc) is 0. The molecule has 0 amide bonds. The third-order valence-electron chi connectivity index (χ3n) is 0. The van der Waals surface area contributed by atoms with Crippen molar-refractivity contribution in [1.29, 1.82) is 0 Å². The topological polar surface area (TPSA) is 630 Å². The summed E-state index contributed by atoms with van der Waals surface area (Å²) in [6.07, 6.45) is 0. The maximum Gasteiger partial charge on any atom is 0 e. The Bertz CT molecular complexity index is 33.2. The van der Waals surface area contributed by atoms with Gasteiger partial charge in [-0.1, -0.05) is 0 Å². The van der Waals surface area contributed by atoms with E-state index in [2.05, 4.69) is 0 Å². The van der Waals surface area contributed by atoms with Crippen LogP contribution in [0, 0.1) is 0 Å². The first-order valence-corrected chi connectivity index (χ1v) is 0. The fourth-order valence-corrected chi connectivity index (χ4v) is 0. The molecule has 0 rings (SSSR count). The van der Waals surface area contributed by atoms with Crippen molar-refractivity contribution in [1.82, 2.24) is 0 Å². The van der Waals surface area contributed by atoms with Crippen molar-refractivity contribution in [2.45, 2.75) is 0 Å². The fourth-order valence-electron chi connectivity index (χ4n) is 0. The summed E-state index contributed by atoms with van der Waals surface area (Å²) in [4.78, 5) is 0. The molecule has 0 aromatic rings. The minimum absolute atomic E-state index is 0. The summed E-state index contributed by atoms with van der Waals surface area (Å²) < 4.78 is 0. The molecule has 0 bridgehead atoms. The molecule has 0 heterocycles. The van der Waals surface area contributed by atoms with Crippen molar-refractivity contribution >= 4 is 0 Å². The monoisotopic (exact) mass is 1170 g/mol. The molecule has 300 valence electrons. The van der Waals surface area contributed by atoms with Gasteiger partial charge in [-0.25, -0.2) is 0 Å². The van der Waals surface area contributed by atoms with Gasteiger partial charge in [0.15, 0.2) is 0 Å². The molecular formula is H40Ni14O20. The average molecular weight is 1180 g/mol. The summed E-state index contributed by atoms with van der Waals surface area (Å²) >= 11 is 0. The Morgan fingerprint density at radius 3 is 0.0588 bits per heavy atom. The van der Waals surface area contributed by atoms with Crippen LogP contribution in [0.15, 0.2) is 0 Å². The molecule has 0 atom stereocenters. The van der Waals surface area contributed by atoms with Gasteiger partial charge >= 0.3 is 0 Å². The summed E-state index contributed by atoms with van der Waals surface area (Å²) in [7, 11) is 0. The molecular weight excluding hydrogens is 1140 g/mol. The van der Waals surface area contributed by atoms with E-state index in [1.165, 1.54) is 0 Å². The summed E-state index contributed by atoms with van der Waals surface area (Å²) in [6, 6.07) is 0. The molecule has 34 heavy (non-hydrogen) atoms. The van der Waals surface area contributed by atoms with Crippen LogP contribution in [-0.4, -0.2) is 110 Å². The summed E-state index contributed by atoms with van der Waals surface area (Å²) in [5.41, 5.74) is 0. The summed E-state index contributed by atoms with van der Waals surface area (Å²) in [5, 5.41) is 0. The number of hydrogen-bond donors (Lipinski definition) is 0. The molecule has 0 saturated carbocycles. The normalized spacial score (nSPS) is 0. The van der Waals surface area contributed by atoms with Gasteiger partial charge in [0, 0.05) is 231 Å². The largest absolute Gasteiger partial charge is 0.412 e. The molecule has 34 heteroatoms. The molecule has 40 N–H and O–H groups in total. The fraction of sp³-hybridized carbons (Fsp3) is 0. The SMILES string of the molecule is O.O.O.O.O.O.O.O.O.O.O.O.O.O.O.O.O.O.O.O.[Ni].[Ni].[Ni].[Ni].[Ni].[Ni].[Ni].[Ni].[Ni].[Ni].[Ni].[Ni].[Ni].[Ni]. The van der Waals surface area contributed by atoms with Crippen LogP contribution in [0.1, 0.15) is 0 Å². The van der Waals surface area contributed by atoms with E-state index in [9.17, 15) is 0 Å². The van der Waals surface area contributed by atoms with E-state index in [0.717, 1.165) is 0 Å². The molecule has 0 spiro atoms. The zero-order chi connectivity index (χ0) is 0. The van der Waals surface area contributed by atoms with Crippen molar-refractivity contribution in [2.75, 3.05) is 0 Å². The molecule has 20 nitrogen and oxygen atoms in total. The summed E-state index contributed by atoms with van der Waals surface area (Å²) in [6.45, 7) is 0. The molecule has 0 aliphatic rings. The predicted molar refractivity (Wildman–Crippen MR) is 72.3 cm³/mol. The molecule has 0 aromatic heterocycles. The van der Waals surface area contributed by atoms with E-state index in [0.29, 0.717) is 0 Å². The van der Waals surface area contributed by atoms with Crippen LogP contribution in [0.5, 0.6) is 0 Å². The van der Waals surface area contributed by atoms with E-state index in [4.69, 9.17) is 0 Å². The Kier molecular flexibility index (Phi) is 73600. The van der Waals surface area contributed by atoms with Gasteiger partial charge in [0.2, 0.25) is 0 Å².